The maximum atomic E-state index is 13.0. The summed E-state index contributed by atoms with van der Waals surface area (Å²) in [4.78, 5) is 24.1. The number of hydrogen-bond acceptors (Lipinski definition) is 7. The van der Waals surface area contributed by atoms with Gasteiger partial charge in [0, 0.05) is 5.69 Å². The van der Waals surface area contributed by atoms with Crippen LogP contribution in [0.2, 0.25) is 0 Å². The first-order chi connectivity index (χ1) is 12.5. The third-order valence-corrected chi connectivity index (χ3v) is 3.39. The van der Waals surface area contributed by atoms with Gasteiger partial charge >= 0.3 is 5.97 Å². The highest BCUT2D eigenvalue weighted by molar-refractivity contribution is 5.89. The summed E-state index contributed by atoms with van der Waals surface area (Å²) >= 11 is 0. The number of aryl methyl sites for hydroxylation is 1. The van der Waals surface area contributed by atoms with Gasteiger partial charge < -0.3 is 15.8 Å². The molecule has 3 N–H and O–H groups in total. The number of anilines is 3. The molecule has 0 radical (unpaired) electrons. The van der Waals surface area contributed by atoms with Crippen LogP contribution in [0.4, 0.5) is 22.0 Å². The molecule has 0 amide bonds. The molecule has 7 nitrogen and oxygen atoms in total. The molecule has 1 heterocycles. The van der Waals surface area contributed by atoms with Crippen molar-refractivity contribution in [1.29, 1.82) is 0 Å². The topological polar surface area (TPSA) is 103 Å². The number of nitrogen functional groups attached to an aromatic ring is 1. The van der Waals surface area contributed by atoms with E-state index in [0.29, 0.717) is 11.3 Å². The van der Waals surface area contributed by atoms with E-state index in [1.165, 1.54) is 24.3 Å². The maximum absolute atomic E-state index is 13.0. The molecule has 3 rings (SSSR count). The van der Waals surface area contributed by atoms with Crippen LogP contribution in [0.25, 0.3) is 0 Å². The number of carbonyl (C=O) groups excluding carboxylic acids is 1. The molecule has 0 aliphatic heterocycles. The van der Waals surface area contributed by atoms with Crippen LogP contribution in [0.3, 0.4) is 0 Å². The quantitative estimate of drug-likeness (QED) is 0.680. The molecule has 8 heteroatoms. The maximum Gasteiger partial charge on any atom is 0.338 e. The number of esters is 1. The molecule has 3 aromatic rings. The minimum Gasteiger partial charge on any atom is -0.454 e. The Hall–Kier alpha value is -3.55. The highest BCUT2D eigenvalue weighted by Gasteiger charge is 2.11. The molecule has 132 valence electrons. The third kappa shape index (κ3) is 4.50. The number of halogens is 1. The number of nitrogens with one attached hydrogen (secondary N) is 1. The van der Waals surface area contributed by atoms with E-state index in [0.717, 1.165) is 5.56 Å². The number of ether oxygens (including phenoxy) is 1. The minimum atomic E-state index is -0.485. The molecule has 0 spiro atoms. The lowest BCUT2D eigenvalue weighted by molar-refractivity contribution is 0.0462. The Kier molecular flexibility index (Phi) is 5.02. The zero-order valence-electron chi connectivity index (χ0n) is 13.9. The van der Waals surface area contributed by atoms with Gasteiger partial charge in [0.1, 0.15) is 5.82 Å². The smallest absolute Gasteiger partial charge is 0.338 e. The van der Waals surface area contributed by atoms with Crippen molar-refractivity contribution in [2.75, 3.05) is 11.1 Å². The summed E-state index contributed by atoms with van der Waals surface area (Å²) in [5.41, 5.74) is 7.65. The second-order valence-electron chi connectivity index (χ2n) is 5.51. The van der Waals surface area contributed by atoms with E-state index in [2.05, 4.69) is 20.3 Å². The first kappa shape index (κ1) is 17.3. The molecule has 0 unspecified atom stereocenters. The van der Waals surface area contributed by atoms with Gasteiger partial charge in [-0.3, -0.25) is 0 Å². The van der Waals surface area contributed by atoms with Gasteiger partial charge in [0.15, 0.2) is 12.4 Å². The first-order valence-corrected chi connectivity index (χ1v) is 7.76. The fourth-order valence-electron chi connectivity index (χ4n) is 2.21. The van der Waals surface area contributed by atoms with Gasteiger partial charge in [0.25, 0.3) is 0 Å². The number of rotatable bonds is 5. The molecule has 0 saturated carbocycles. The van der Waals surface area contributed by atoms with Gasteiger partial charge in [0.2, 0.25) is 11.9 Å². The van der Waals surface area contributed by atoms with E-state index in [1.807, 2.05) is 13.0 Å². The summed E-state index contributed by atoms with van der Waals surface area (Å²) in [7, 11) is 0. The Labute approximate surface area is 149 Å². The van der Waals surface area contributed by atoms with Crippen molar-refractivity contribution < 1.29 is 13.9 Å². The molecule has 0 bridgehead atoms. The third-order valence-electron chi connectivity index (χ3n) is 3.39. The summed E-state index contributed by atoms with van der Waals surface area (Å²) in [6.45, 7) is 1.73. The Morgan fingerprint density at radius 2 is 1.92 bits per heavy atom. The van der Waals surface area contributed by atoms with Crippen LogP contribution in [0, 0.1) is 12.7 Å². The molecule has 0 saturated heterocycles. The van der Waals surface area contributed by atoms with Crippen molar-refractivity contribution in [3.63, 3.8) is 0 Å². The van der Waals surface area contributed by atoms with Crippen molar-refractivity contribution in [3.8, 4) is 0 Å². The summed E-state index contributed by atoms with van der Waals surface area (Å²) in [6, 6.07) is 12.7. The number of aromatic nitrogens is 3. The second kappa shape index (κ2) is 7.56. The van der Waals surface area contributed by atoms with E-state index in [1.54, 1.807) is 18.2 Å². The van der Waals surface area contributed by atoms with Gasteiger partial charge in [-0.05, 0) is 43.3 Å². The SMILES string of the molecule is Cc1cccc(C(=O)OCc2nc(N)nc(Nc3ccc(F)cc3)n2)c1. The van der Waals surface area contributed by atoms with Crippen LogP contribution in [0.15, 0.2) is 48.5 Å². The predicted molar refractivity (Wildman–Crippen MR) is 94.2 cm³/mol. The minimum absolute atomic E-state index is 0.0220. The Morgan fingerprint density at radius 1 is 1.15 bits per heavy atom. The van der Waals surface area contributed by atoms with Gasteiger partial charge in [-0.2, -0.15) is 15.0 Å². The molecule has 0 aliphatic carbocycles. The Balaban J connectivity index is 1.69. The standard InChI is InChI=1S/C18H16FN5O2/c1-11-3-2-4-12(9-11)16(25)26-10-15-22-17(20)24-18(23-15)21-14-7-5-13(19)6-8-14/h2-9H,10H2,1H3,(H3,20,21,22,23,24). The average Bonchev–Trinajstić information content (AvgIpc) is 2.61. The summed E-state index contributed by atoms with van der Waals surface area (Å²) in [6.07, 6.45) is 0. The van der Waals surface area contributed by atoms with Gasteiger partial charge in [-0.1, -0.05) is 17.7 Å². The average molecular weight is 353 g/mol. The summed E-state index contributed by atoms with van der Waals surface area (Å²) in [5, 5.41) is 2.89. The lowest BCUT2D eigenvalue weighted by Gasteiger charge is -2.08. The number of carbonyl (C=O) groups is 1. The zero-order valence-corrected chi connectivity index (χ0v) is 13.9. The fourth-order valence-corrected chi connectivity index (χ4v) is 2.21. The van der Waals surface area contributed by atoms with E-state index < -0.39 is 5.97 Å². The van der Waals surface area contributed by atoms with Crippen LogP contribution in [-0.4, -0.2) is 20.9 Å². The number of benzene rings is 2. The van der Waals surface area contributed by atoms with Crippen molar-refractivity contribution in [1.82, 2.24) is 15.0 Å². The van der Waals surface area contributed by atoms with Crippen LogP contribution in [-0.2, 0) is 11.3 Å². The van der Waals surface area contributed by atoms with Crippen molar-refractivity contribution in [2.45, 2.75) is 13.5 Å². The molecule has 0 atom stereocenters. The van der Waals surface area contributed by atoms with Crippen molar-refractivity contribution in [3.05, 3.63) is 71.3 Å². The van der Waals surface area contributed by atoms with E-state index in [9.17, 15) is 9.18 Å². The lowest BCUT2D eigenvalue weighted by atomic mass is 10.1. The largest absolute Gasteiger partial charge is 0.454 e. The van der Waals surface area contributed by atoms with E-state index >= 15 is 0 Å². The summed E-state index contributed by atoms with van der Waals surface area (Å²) < 4.78 is 18.2. The molecule has 2 aromatic carbocycles. The van der Waals surface area contributed by atoms with Gasteiger partial charge in [-0.25, -0.2) is 9.18 Å². The normalized spacial score (nSPS) is 10.4. The molecule has 26 heavy (non-hydrogen) atoms. The predicted octanol–water partition coefficient (Wildman–Crippen LogP) is 3.00. The van der Waals surface area contributed by atoms with E-state index in [-0.39, 0.29) is 30.1 Å². The lowest BCUT2D eigenvalue weighted by Crippen LogP contribution is -2.11. The molecular formula is C18H16FN5O2. The number of hydrogen-bond donors (Lipinski definition) is 2. The van der Waals surface area contributed by atoms with Crippen LogP contribution < -0.4 is 11.1 Å². The second-order valence-corrected chi connectivity index (χ2v) is 5.51. The number of nitrogens with two attached hydrogens (primary N) is 1. The Bertz CT molecular complexity index is 931. The summed E-state index contributed by atoms with van der Waals surface area (Å²) in [5.74, 6) is -0.491. The van der Waals surface area contributed by atoms with Crippen molar-refractivity contribution in [2.24, 2.45) is 0 Å². The highest BCUT2D eigenvalue weighted by Crippen LogP contribution is 2.14. The first-order valence-electron chi connectivity index (χ1n) is 7.76. The molecule has 0 aliphatic rings. The van der Waals surface area contributed by atoms with E-state index in [4.69, 9.17) is 10.5 Å². The molecule has 1 aromatic heterocycles. The highest BCUT2D eigenvalue weighted by atomic mass is 19.1. The van der Waals surface area contributed by atoms with Gasteiger partial charge in [-0.15, -0.1) is 0 Å². The molecule has 0 fully saturated rings. The number of nitrogens with zero attached hydrogens (tertiary/aromatic N) is 3. The molecular weight excluding hydrogens is 337 g/mol. The van der Waals surface area contributed by atoms with Crippen LogP contribution in [0.5, 0.6) is 0 Å². The van der Waals surface area contributed by atoms with Crippen LogP contribution in [0.1, 0.15) is 21.7 Å². The van der Waals surface area contributed by atoms with Crippen molar-refractivity contribution >= 4 is 23.6 Å². The van der Waals surface area contributed by atoms with Crippen LogP contribution >= 0.6 is 0 Å². The monoisotopic (exact) mass is 353 g/mol. The zero-order chi connectivity index (χ0) is 18.5. The van der Waals surface area contributed by atoms with Gasteiger partial charge in [0.05, 0.1) is 5.56 Å². The fraction of sp³-hybridized carbons (Fsp3) is 0.111. The Morgan fingerprint density at radius 3 is 2.65 bits per heavy atom.